The smallest absolute Gasteiger partial charge is 0.148 e. The summed E-state index contributed by atoms with van der Waals surface area (Å²) in [5.41, 5.74) is 7.86. The van der Waals surface area contributed by atoms with Gasteiger partial charge in [0.15, 0.2) is 0 Å². The Balaban J connectivity index is 1.53. The Bertz CT molecular complexity index is 795. The van der Waals surface area contributed by atoms with Crippen LogP contribution in [0.15, 0.2) is 19.1 Å². The second-order valence-corrected chi connectivity index (χ2v) is 7.82. The van der Waals surface area contributed by atoms with Gasteiger partial charge < -0.3 is 15.0 Å². The van der Waals surface area contributed by atoms with Gasteiger partial charge in [-0.25, -0.2) is 9.97 Å². The van der Waals surface area contributed by atoms with Gasteiger partial charge in [-0.05, 0) is 39.5 Å². The highest BCUT2D eigenvalue weighted by molar-refractivity contribution is 5.94. The van der Waals surface area contributed by atoms with Crippen LogP contribution in [0, 0.1) is 0 Å². The molecule has 4 rings (SSSR count). The van der Waals surface area contributed by atoms with Gasteiger partial charge >= 0.3 is 0 Å². The molecule has 6 nitrogen and oxygen atoms in total. The molecule has 1 saturated carbocycles. The summed E-state index contributed by atoms with van der Waals surface area (Å²) in [6.45, 7) is 9.50. The molecule has 0 amide bonds. The van der Waals surface area contributed by atoms with Crippen LogP contribution in [0.1, 0.15) is 57.7 Å². The number of nitrogens with two attached hydrogens (primary N) is 1. The summed E-state index contributed by atoms with van der Waals surface area (Å²) in [7, 11) is 0. The third-order valence-electron chi connectivity index (χ3n) is 5.90. The molecule has 2 N–H and O–H groups in total. The number of aromatic nitrogens is 3. The molecule has 6 heteroatoms. The van der Waals surface area contributed by atoms with Crippen molar-refractivity contribution in [2.45, 2.75) is 70.4 Å². The summed E-state index contributed by atoms with van der Waals surface area (Å²) in [6.07, 6.45) is 11.7. The molecule has 1 aliphatic carbocycles. The fourth-order valence-electron chi connectivity index (χ4n) is 4.27. The van der Waals surface area contributed by atoms with Gasteiger partial charge in [0.2, 0.25) is 0 Å². The van der Waals surface area contributed by atoms with E-state index in [1.54, 1.807) is 0 Å². The van der Waals surface area contributed by atoms with Crippen LogP contribution in [0.3, 0.4) is 0 Å². The van der Waals surface area contributed by atoms with E-state index < -0.39 is 0 Å². The van der Waals surface area contributed by atoms with Gasteiger partial charge in [0, 0.05) is 30.4 Å². The van der Waals surface area contributed by atoms with Gasteiger partial charge in [-0.1, -0.05) is 19.1 Å². The number of rotatable bonds is 6. The van der Waals surface area contributed by atoms with Crippen LogP contribution >= 0.6 is 0 Å². The van der Waals surface area contributed by atoms with Gasteiger partial charge in [-0.2, -0.15) is 0 Å². The van der Waals surface area contributed by atoms with E-state index in [0.717, 1.165) is 42.0 Å². The topological polar surface area (TPSA) is 69.2 Å². The zero-order chi connectivity index (χ0) is 18.3. The Morgan fingerprint density at radius 2 is 2.15 bits per heavy atom. The zero-order valence-corrected chi connectivity index (χ0v) is 15.8. The molecule has 0 aromatic carbocycles. The molecule has 2 aromatic heterocycles. The van der Waals surface area contributed by atoms with Crippen molar-refractivity contribution >= 4 is 22.9 Å². The van der Waals surface area contributed by atoms with Gasteiger partial charge in [-0.15, -0.1) is 0 Å². The number of nitrogens with zero attached hydrogens (tertiary/aromatic N) is 4. The van der Waals surface area contributed by atoms with Crippen LogP contribution < -0.4 is 5.73 Å². The first kappa shape index (κ1) is 17.5. The number of anilines is 1. The third-order valence-corrected chi connectivity index (χ3v) is 5.90. The van der Waals surface area contributed by atoms with E-state index in [9.17, 15) is 0 Å². The molecular weight excluding hydrogens is 326 g/mol. The Kier molecular flexibility index (Phi) is 4.71. The first-order valence-electron chi connectivity index (χ1n) is 9.73. The number of hydrogen-bond acceptors (Lipinski definition) is 5. The number of nitrogen functional groups attached to an aromatic ring is 1. The van der Waals surface area contributed by atoms with Crippen LogP contribution in [0.2, 0.25) is 0 Å². The maximum absolute atomic E-state index is 6.44. The quantitative estimate of drug-likeness (QED) is 0.857. The molecule has 2 aliphatic rings. The summed E-state index contributed by atoms with van der Waals surface area (Å²) in [4.78, 5) is 11.2. The predicted octanol–water partition coefficient (Wildman–Crippen LogP) is 3.60. The zero-order valence-electron chi connectivity index (χ0n) is 15.8. The highest BCUT2D eigenvalue weighted by atomic mass is 16.5. The Hall–Kier alpha value is -1.92. The minimum Gasteiger partial charge on any atom is -0.383 e. The second-order valence-electron chi connectivity index (χ2n) is 7.82. The fraction of sp³-hybridized carbons (Fsp3) is 0.600. The van der Waals surface area contributed by atoms with E-state index in [4.69, 9.17) is 10.5 Å². The summed E-state index contributed by atoms with van der Waals surface area (Å²) in [5.74, 6) is 0.495. The number of hydrogen-bond donors (Lipinski definition) is 1. The van der Waals surface area contributed by atoms with Crippen LogP contribution in [-0.4, -0.2) is 44.2 Å². The summed E-state index contributed by atoms with van der Waals surface area (Å²) < 4.78 is 8.54. The molecule has 2 atom stereocenters. The molecule has 2 fully saturated rings. The molecule has 26 heavy (non-hydrogen) atoms. The van der Waals surface area contributed by atoms with Crippen molar-refractivity contribution in [1.82, 2.24) is 19.4 Å². The Morgan fingerprint density at radius 1 is 1.35 bits per heavy atom. The van der Waals surface area contributed by atoms with Crippen LogP contribution in [0.4, 0.5) is 5.82 Å². The monoisotopic (exact) mass is 355 g/mol. The van der Waals surface area contributed by atoms with E-state index in [1.807, 2.05) is 12.3 Å². The minimum absolute atomic E-state index is 0.000836. The Morgan fingerprint density at radius 3 is 2.81 bits per heavy atom. The average molecular weight is 355 g/mol. The molecular formula is C20H29N5O. The lowest BCUT2D eigenvalue weighted by atomic mass is 9.90. The van der Waals surface area contributed by atoms with Gasteiger partial charge in [-0.3, -0.25) is 4.90 Å². The molecule has 2 aromatic rings. The van der Waals surface area contributed by atoms with Crippen molar-refractivity contribution in [1.29, 1.82) is 0 Å². The standard InChI is InChI=1S/C20H29N5O/c1-4-14-10-25(20-18(14)19(21)22-12-23-20)17-9-8-16(26-17)11-24(13(2)3)15-6-5-7-15/h4,10,12-13,15-17H,1,5-9,11H2,2-3H3,(H2,21,22,23). The second kappa shape index (κ2) is 7.00. The first-order valence-corrected chi connectivity index (χ1v) is 9.73. The summed E-state index contributed by atoms with van der Waals surface area (Å²) in [5, 5.41) is 0.868. The first-order chi connectivity index (χ1) is 12.6. The molecule has 0 radical (unpaired) electrons. The molecule has 3 heterocycles. The van der Waals surface area contributed by atoms with Crippen molar-refractivity contribution in [3.05, 3.63) is 24.7 Å². The van der Waals surface area contributed by atoms with E-state index >= 15 is 0 Å². The van der Waals surface area contributed by atoms with Crippen molar-refractivity contribution in [2.24, 2.45) is 0 Å². The highest BCUT2D eigenvalue weighted by Gasteiger charge is 2.34. The normalized spacial score (nSPS) is 23.8. The largest absolute Gasteiger partial charge is 0.383 e. The average Bonchev–Trinajstić information content (AvgIpc) is 3.17. The van der Waals surface area contributed by atoms with Gasteiger partial charge in [0.1, 0.15) is 24.0 Å². The third kappa shape index (κ3) is 3.01. The SMILES string of the molecule is C=Cc1cn(C2CCC(CN(C(C)C)C3CCC3)O2)c2ncnc(N)c12. The molecule has 1 aliphatic heterocycles. The van der Waals surface area contributed by atoms with Crippen LogP contribution in [0.25, 0.3) is 17.1 Å². The van der Waals surface area contributed by atoms with E-state index in [2.05, 4.69) is 39.9 Å². The maximum Gasteiger partial charge on any atom is 0.148 e. The maximum atomic E-state index is 6.44. The predicted molar refractivity (Wildman–Crippen MR) is 105 cm³/mol. The molecule has 2 unspecified atom stereocenters. The Labute approximate surface area is 155 Å². The van der Waals surface area contributed by atoms with Gasteiger partial charge in [0.25, 0.3) is 0 Å². The van der Waals surface area contributed by atoms with Crippen molar-refractivity contribution in [3.8, 4) is 0 Å². The molecule has 140 valence electrons. The lowest BCUT2D eigenvalue weighted by Crippen LogP contribution is -2.47. The molecule has 1 saturated heterocycles. The van der Waals surface area contributed by atoms with E-state index in [-0.39, 0.29) is 12.3 Å². The fourth-order valence-corrected chi connectivity index (χ4v) is 4.27. The summed E-state index contributed by atoms with van der Waals surface area (Å²) >= 11 is 0. The lowest BCUT2D eigenvalue weighted by molar-refractivity contribution is -0.0310. The molecule has 0 bridgehead atoms. The minimum atomic E-state index is 0.000836. The van der Waals surface area contributed by atoms with Crippen molar-refractivity contribution < 1.29 is 4.74 Å². The van der Waals surface area contributed by atoms with Gasteiger partial charge in [0.05, 0.1) is 11.5 Å². The summed E-state index contributed by atoms with van der Waals surface area (Å²) in [6, 6.07) is 1.31. The van der Waals surface area contributed by atoms with Crippen LogP contribution in [0.5, 0.6) is 0 Å². The van der Waals surface area contributed by atoms with Crippen molar-refractivity contribution in [3.63, 3.8) is 0 Å². The highest BCUT2D eigenvalue weighted by Crippen LogP contribution is 2.35. The van der Waals surface area contributed by atoms with Crippen LogP contribution in [-0.2, 0) is 4.74 Å². The lowest BCUT2D eigenvalue weighted by Gasteiger charge is -2.41. The molecule has 0 spiro atoms. The number of ether oxygens (including phenoxy) is 1. The van der Waals surface area contributed by atoms with E-state index in [1.165, 1.54) is 25.6 Å². The number of fused-ring (bicyclic) bond motifs is 1. The van der Waals surface area contributed by atoms with Crippen molar-refractivity contribution in [2.75, 3.05) is 12.3 Å². The van der Waals surface area contributed by atoms with E-state index in [0.29, 0.717) is 11.9 Å².